The van der Waals surface area contributed by atoms with Crippen molar-refractivity contribution in [3.05, 3.63) is 53.4 Å². The molecule has 9 heteroatoms. The van der Waals surface area contributed by atoms with E-state index in [2.05, 4.69) is 33.2 Å². The Hall–Kier alpha value is -3.36. The Kier molecular flexibility index (Phi) is 8.74. The minimum Gasteiger partial charge on any atom is -0.444 e. The van der Waals surface area contributed by atoms with E-state index >= 15 is 0 Å². The van der Waals surface area contributed by atoms with Crippen LogP contribution in [-0.4, -0.2) is 46.8 Å². The number of rotatable bonds is 9. The van der Waals surface area contributed by atoms with Crippen molar-refractivity contribution in [2.45, 2.75) is 102 Å². The van der Waals surface area contributed by atoms with Crippen LogP contribution in [-0.2, 0) is 16.0 Å². The fourth-order valence-corrected chi connectivity index (χ4v) is 5.05. The van der Waals surface area contributed by atoms with E-state index in [4.69, 9.17) is 9.26 Å². The number of carbonyl (C=O) groups excluding carboxylic acids is 3. The van der Waals surface area contributed by atoms with Gasteiger partial charge in [-0.15, -0.1) is 0 Å². The first-order chi connectivity index (χ1) is 18.1. The molecule has 0 unspecified atom stereocenters. The highest BCUT2D eigenvalue weighted by molar-refractivity contribution is 5.92. The van der Waals surface area contributed by atoms with Crippen molar-refractivity contribution >= 4 is 17.9 Å². The number of hydrogen-bond acceptors (Lipinski definition) is 6. The summed E-state index contributed by atoms with van der Waals surface area (Å²) in [7, 11) is 0. The summed E-state index contributed by atoms with van der Waals surface area (Å²) >= 11 is 0. The van der Waals surface area contributed by atoms with Crippen LogP contribution in [0.2, 0.25) is 0 Å². The van der Waals surface area contributed by atoms with Gasteiger partial charge in [-0.2, -0.15) is 0 Å². The van der Waals surface area contributed by atoms with Crippen LogP contribution >= 0.6 is 0 Å². The second kappa shape index (κ2) is 12.0. The highest BCUT2D eigenvalue weighted by atomic mass is 16.6. The summed E-state index contributed by atoms with van der Waals surface area (Å²) in [6.07, 6.45) is 4.83. The Labute approximate surface area is 224 Å². The number of carbonyl (C=O) groups is 3. The number of nitrogens with zero attached hydrogens (tertiary/aromatic N) is 1. The molecule has 2 fully saturated rings. The van der Waals surface area contributed by atoms with Gasteiger partial charge in [0.25, 0.3) is 5.91 Å². The summed E-state index contributed by atoms with van der Waals surface area (Å²) in [6.45, 7) is 7.18. The van der Waals surface area contributed by atoms with Crippen LogP contribution in [0.1, 0.15) is 93.9 Å². The number of aromatic nitrogens is 1. The lowest BCUT2D eigenvalue weighted by molar-refractivity contribution is -0.122. The molecule has 9 nitrogen and oxygen atoms in total. The lowest BCUT2D eigenvalue weighted by atomic mass is 9.78. The molecule has 0 spiro atoms. The van der Waals surface area contributed by atoms with Crippen molar-refractivity contribution in [2.75, 3.05) is 0 Å². The largest absolute Gasteiger partial charge is 0.444 e. The highest BCUT2D eigenvalue weighted by Crippen LogP contribution is 2.40. The molecule has 3 N–H and O–H groups in total. The summed E-state index contributed by atoms with van der Waals surface area (Å²) in [4.78, 5) is 37.8. The first-order valence-corrected chi connectivity index (χ1v) is 13.7. The van der Waals surface area contributed by atoms with Gasteiger partial charge in [0.05, 0.1) is 0 Å². The van der Waals surface area contributed by atoms with Crippen LogP contribution in [0.3, 0.4) is 0 Å². The van der Waals surface area contributed by atoms with Crippen molar-refractivity contribution in [2.24, 2.45) is 5.92 Å². The normalized spacial score (nSPS) is 22.3. The first-order valence-electron chi connectivity index (χ1n) is 13.7. The molecule has 206 valence electrons. The second-order valence-electron chi connectivity index (χ2n) is 11.7. The minimum absolute atomic E-state index is 0.00777. The van der Waals surface area contributed by atoms with E-state index in [9.17, 15) is 14.4 Å². The fraction of sp³-hybridized carbons (Fsp3) is 0.586. The quantitative estimate of drug-likeness (QED) is 0.445. The van der Waals surface area contributed by atoms with Gasteiger partial charge >= 0.3 is 6.09 Å². The topological polar surface area (TPSA) is 123 Å². The molecule has 0 saturated heterocycles. The van der Waals surface area contributed by atoms with Gasteiger partial charge in [0.2, 0.25) is 5.91 Å². The summed E-state index contributed by atoms with van der Waals surface area (Å²) in [5.74, 6) is 1.00. The zero-order valence-corrected chi connectivity index (χ0v) is 22.8. The van der Waals surface area contributed by atoms with Gasteiger partial charge in [0.1, 0.15) is 11.4 Å². The molecule has 0 aliphatic heterocycles. The fourth-order valence-electron chi connectivity index (χ4n) is 5.05. The number of amides is 3. The third-order valence-corrected chi connectivity index (χ3v) is 7.00. The molecule has 0 radical (unpaired) electrons. The molecular weight excluding hydrogens is 484 g/mol. The highest BCUT2D eigenvalue weighted by Gasteiger charge is 2.34. The molecule has 3 amide bonds. The molecule has 2 aliphatic rings. The van der Waals surface area contributed by atoms with Gasteiger partial charge in [-0.25, -0.2) is 4.79 Å². The van der Waals surface area contributed by atoms with Crippen molar-refractivity contribution in [3.63, 3.8) is 0 Å². The van der Waals surface area contributed by atoms with Gasteiger partial charge in [0, 0.05) is 36.5 Å². The van der Waals surface area contributed by atoms with Gasteiger partial charge in [-0.05, 0) is 77.7 Å². The van der Waals surface area contributed by atoms with E-state index in [1.54, 1.807) is 33.8 Å². The molecule has 1 heterocycles. The van der Waals surface area contributed by atoms with Crippen LogP contribution in [0, 0.1) is 5.92 Å². The van der Waals surface area contributed by atoms with Crippen molar-refractivity contribution in [1.29, 1.82) is 0 Å². The first kappa shape index (κ1) is 27.7. The molecule has 2 aliphatic carbocycles. The zero-order chi connectivity index (χ0) is 27.3. The standard InChI is InChI=1S/C29H40N4O5/c1-18(30-28(36)37-29(2,3)4)14-26(34)31-22-12-13-23(21(16-22)15-19-8-6-5-7-9-19)32-27(35)24-17-25(38-33-24)20-10-11-20/h5-9,17-18,20-23H,10-16H2,1-4H3,(H,30,36)(H,31,34)(H,32,35)/t18-,21-,22+,23+/m1/s1. The summed E-state index contributed by atoms with van der Waals surface area (Å²) in [5.41, 5.74) is 0.921. The van der Waals surface area contributed by atoms with Crippen molar-refractivity contribution in [3.8, 4) is 0 Å². The van der Waals surface area contributed by atoms with E-state index < -0.39 is 11.7 Å². The Morgan fingerprint density at radius 3 is 2.50 bits per heavy atom. The monoisotopic (exact) mass is 524 g/mol. The molecular formula is C29H40N4O5. The third-order valence-electron chi connectivity index (χ3n) is 7.00. The number of benzene rings is 1. The molecule has 2 saturated carbocycles. The van der Waals surface area contributed by atoms with Crippen LogP contribution < -0.4 is 16.0 Å². The second-order valence-corrected chi connectivity index (χ2v) is 11.7. The van der Waals surface area contributed by atoms with Gasteiger partial charge in [0.15, 0.2) is 5.69 Å². The van der Waals surface area contributed by atoms with E-state index in [1.165, 1.54) is 5.56 Å². The molecule has 2 aromatic rings. The average molecular weight is 525 g/mol. The SMILES string of the molecule is C[C@H](CC(=O)N[C@H]1CC[C@H](NC(=O)c2cc(C3CC3)on2)[C@H](Cc2ccccc2)C1)NC(=O)OC(C)(C)C. The van der Waals surface area contributed by atoms with Gasteiger partial charge in [-0.3, -0.25) is 9.59 Å². The van der Waals surface area contributed by atoms with E-state index in [1.807, 2.05) is 18.2 Å². The maximum atomic E-state index is 13.0. The van der Waals surface area contributed by atoms with E-state index in [0.717, 1.165) is 44.3 Å². The van der Waals surface area contributed by atoms with Crippen molar-refractivity contribution in [1.82, 2.24) is 21.1 Å². The number of ether oxygens (including phenoxy) is 1. The van der Waals surface area contributed by atoms with Crippen LogP contribution in [0.4, 0.5) is 4.79 Å². The summed E-state index contributed by atoms with van der Waals surface area (Å²) in [6, 6.07) is 11.5. The maximum absolute atomic E-state index is 13.0. The third kappa shape index (κ3) is 8.33. The van der Waals surface area contributed by atoms with E-state index in [-0.39, 0.29) is 42.3 Å². The maximum Gasteiger partial charge on any atom is 0.407 e. The lowest BCUT2D eigenvalue weighted by Gasteiger charge is -2.37. The lowest BCUT2D eigenvalue weighted by Crippen LogP contribution is -2.50. The molecule has 0 bridgehead atoms. The molecule has 1 aromatic heterocycles. The number of hydrogen-bond donors (Lipinski definition) is 3. The molecule has 4 atom stereocenters. The van der Waals surface area contributed by atoms with E-state index in [0.29, 0.717) is 11.6 Å². The van der Waals surface area contributed by atoms with Crippen LogP contribution in [0.15, 0.2) is 40.9 Å². The predicted octanol–water partition coefficient (Wildman–Crippen LogP) is 4.48. The Morgan fingerprint density at radius 2 is 1.82 bits per heavy atom. The smallest absolute Gasteiger partial charge is 0.407 e. The van der Waals surface area contributed by atoms with Gasteiger partial charge < -0.3 is 25.2 Å². The predicted molar refractivity (Wildman–Crippen MR) is 143 cm³/mol. The average Bonchev–Trinajstić information content (AvgIpc) is 3.56. The number of nitrogens with one attached hydrogen (secondary N) is 3. The summed E-state index contributed by atoms with van der Waals surface area (Å²) < 4.78 is 10.6. The molecule has 1 aromatic carbocycles. The van der Waals surface area contributed by atoms with Crippen LogP contribution in [0.5, 0.6) is 0 Å². The Balaban J connectivity index is 1.33. The Morgan fingerprint density at radius 1 is 1.08 bits per heavy atom. The Bertz CT molecular complexity index is 1110. The van der Waals surface area contributed by atoms with Crippen LogP contribution in [0.25, 0.3) is 0 Å². The minimum atomic E-state index is -0.596. The number of alkyl carbamates (subject to hydrolysis) is 1. The molecule has 4 rings (SSSR count). The summed E-state index contributed by atoms with van der Waals surface area (Å²) in [5, 5.41) is 13.0. The zero-order valence-electron chi connectivity index (χ0n) is 22.8. The van der Waals surface area contributed by atoms with Crippen molar-refractivity contribution < 1.29 is 23.6 Å². The molecule has 38 heavy (non-hydrogen) atoms. The van der Waals surface area contributed by atoms with Gasteiger partial charge in [-0.1, -0.05) is 35.5 Å².